The molecule has 0 aliphatic heterocycles. The number of allylic oxidation sites excluding steroid dienone is 1. The molecular formula is C27H28Mo2O8. The van der Waals surface area contributed by atoms with Crippen LogP contribution < -0.4 is 0 Å². The SMILES string of the molecule is C#CCC(CC=C)(C(=O)OCC)C(=O)OCC.[C-]#[O+].[C-]#[O+].[C-]#[O+].[C-]#[O+].[CH]1[CH][CH][CH][CH]1.[CH]1[CH][CH][CH][CH]1.[Mo].[Mo]. The molecule has 2 fully saturated rings. The van der Waals surface area contributed by atoms with Crippen LogP contribution in [0.2, 0.25) is 0 Å². The van der Waals surface area contributed by atoms with Gasteiger partial charge in [-0.15, -0.1) is 18.9 Å². The predicted molar refractivity (Wildman–Crippen MR) is 123 cm³/mol. The second-order valence-electron chi connectivity index (χ2n) is 5.32. The van der Waals surface area contributed by atoms with Crippen molar-refractivity contribution in [2.24, 2.45) is 5.41 Å². The van der Waals surface area contributed by atoms with E-state index in [0.29, 0.717) is 0 Å². The number of hydrogen-bond donors (Lipinski definition) is 0. The molecular weight excluding hydrogens is 644 g/mol. The molecule has 0 bridgehead atoms. The molecule has 2 rings (SSSR count). The van der Waals surface area contributed by atoms with E-state index < -0.39 is 17.4 Å². The third kappa shape index (κ3) is 30.7. The number of hydrogen-bond acceptors (Lipinski definition) is 4. The summed E-state index contributed by atoms with van der Waals surface area (Å²) < 4.78 is 39.8. The van der Waals surface area contributed by atoms with Crippen molar-refractivity contribution in [3.8, 4) is 12.3 Å². The van der Waals surface area contributed by atoms with Crippen molar-refractivity contribution in [3.63, 3.8) is 0 Å². The molecule has 10 radical (unpaired) electrons. The Balaban J connectivity index is -0.0000000736. The van der Waals surface area contributed by atoms with Crippen molar-refractivity contribution in [2.75, 3.05) is 13.2 Å². The molecule has 0 saturated heterocycles. The minimum atomic E-state index is -1.46. The predicted octanol–water partition coefficient (Wildman–Crippen LogP) is 3.59. The molecule has 2 aliphatic rings. The minimum Gasteiger partial charge on any atom is -0.0312 e. The second-order valence-corrected chi connectivity index (χ2v) is 5.32. The van der Waals surface area contributed by atoms with Crippen LogP contribution in [0.25, 0.3) is 0 Å². The van der Waals surface area contributed by atoms with E-state index in [-0.39, 0.29) is 68.2 Å². The van der Waals surface area contributed by atoms with Gasteiger partial charge in [-0.3, -0.25) is 9.59 Å². The van der Waals surface area contributed by atoms with Gasteiger partial charge in [0.05, 0.1) is 13.2 Å². The molecule has 0 aromatic heterocycles. The van der Waals surface area contributed by atoms with Crippen molar-refractivity contribution >= 4 is 11.9 Å². The van der Waals surface area contributed by atoms with Gasteiger partial charge >= 0.3 is 57.1 Å². The maximum absolute atomic E-state index is 11.9. The van der Waals surface area contributed by atoms with Crippen LogP contribution in [-0.4, -0.2) is 25.2 Å². The summed E-state index contributed by atoms with van der Waals surface area (Å²) in [5.74, 6) is 1.01. The third-order valence-electron chi connectivity index (χ3n) is 3.34. The van der Waals surface area contributed by atoms with Crippen molar-refractivity contribution in [3.05, 3.63) is 103 Å². The number of terminal acetylenes is 1. The minimum absolute atomic E-state index is 0. The molecule has 2 aliphatic carbocycles. The molecule has 0 aromatic rings. The number of ether oxygens (including phenoxy) is 2. The van der Waals surface area contributed by atoms with E-state index in [1.54, 1.807) is 13.8 Å². The fourth-order valence-electron chi connectivity index (χ4n) is 2.07. The Morgan fingerprint density at radius 2 is 1.00 bits per heavy atom. The maximum atomic E-state index is 11.9. The van der Waals surface area contributed by atoms with Gasteiger partial charge in [0.15, 0.2) is 5.41 Å². The number of carbonyl (C=O) groups is 2. The van der Waals surface area contributed by atoms with Gasteiger partial charge in [0.25, 0.3) is 0 Å². The molecule has 8 nitrogen and oxygen atoms in total. The van der Waals surface area contributed by atoms with Crippen LogP contribution in [0.1, 0.15) is 26.7 Å². The third-order valence-corrected chi connectivity index (χ3v) is 3.34. The monoisotopic (exact) mass is 676 g/mol. The van der Waals surface area contributed by atoms with E-state index in [0.717, 1.165) is 0 Å². The van der Waals surface area contributed by atoms with Crippen LogP contribution in [0.4, 0.5) is 0 Å². The first kappa shape index (κ1) is 52.1. The van der Waals surface area contributed by atoms with E-state index in [9.17, 15) is 9.59 Å². The van der Waals surface area contributed by atoms with Gasteiger partial charge in [-0.1, -0.05) is 6.08 Å². The molecule has 0 heterocycles. The summed E-state index contributed by atoms with van der Waals surface area (Å²) in [6.45, 7) is 25.2. The van der Waals surface area contributed by atoms with Crippen LogP contribution >= 0.6 is 0 Å². The van der Waals surface area contributed by atoms with E-state index in [2.05, 4.69) is 39.1 Å². The molecule has 0 spiro atoms. The summed E-state index contributed by atoms with van der Waals surface area (Å²) in [6, 6.07) is 0. The summed E-state index contributed by atoms with van der Waals surface area (Å²) in [5.41, 5.74) is -1.46. The van der Waals surface area contributed by atoms with Crippen molar-refractivity contribution in [1.82, 2.24) is 0 Å². The Hall–Kier alpha value is -1.42. The summed E-state index contributed by atoms with van der Waals surface area (Å²) in [5, 5.41) is 0. The van der Waals surface area contributed by atoms with Gasteiger partial charge in [0.2, 0.25) is 0 Å². The molecule has 0 amide bonds. The quantitative estimate of drug-likeness (QED) is 0.0778. The fraction of sp³-hybridized carbons (Fsp3) is 0.259. The molecule has 10 heteroatoms. The number of rotatable bonds is 7. The molecule has 2 saturated carbocycles. The van der Waals surface area contributed by atoms with Crippen LogP contribution in [0, 0.1) is 109 Å². The van der Waals surface area contributed by atoms with Gasteiger partial charge in [0.1, 0.15) is 0 Å². The Kier molecular flexibility index (Phi) is 67.2. The zero-order chi connectivity index (χ0) is 28.4. The summed E-state index contributed by atoms with van der Waals surface area (Å²) >= 11 is 0. The molecule has 196 valence electrons. The Bertz CT molecular complexity index is 559. The average molecular weight is 672 g/mol. The summed E-state index contributed by atoms with van der Waals surface area (Å²) in [7, 11) is 0. The van der Waals surface area contributed by atoms with Crippen molar-refractivity contribution in [1.29, 1.82) is 0 Å². The van der Waals surface area contributed by atoms with Gasteiger partial charge in [0, 0.05) is 48.6 Å². The molecule has 0 unspecified atom stereocenters. The summed E-state index contributed by atoms with van der Waals surface area (Å²) in [6.07, 6.45) is 26.7. The van der Waals surface area contributed by atoms with E-state index in [4.69, 9.17) is 34.5 Å². The van der Waals surface area contributed by atoms with Gasteiger partial charge in [-0.05, 0) is 84.5 Å². The standard InChI is InChI=1S/C13H18O4.2C5H5.4CO.2Mo/c1-5-9-13(10-6-2,11(14)16-7-3)12(15)17-8-4;2*1-2-4-5-3-1;4*1-2;;/h1,6H,2,7-10H2,3-4H3;2*1-5H;;;;;;. The van der Waals surface area contributed by atoms with Crippen LogP contribution in [0.5, 0.6) is 0 Å². The topological polar surface area (TPSA) is 132 Å². The Labute approximate surface area is 251 Å². The van der Waals surface area contributed by atoms with Gasteiger partial charge < -0.3 is 9.47 Å². The van der Waals surface area contributed by atoms with Gasteiger partial charge in [-0.2, -0.15) is 0 Å². The summed E-state index contributed by atoms with van der Waals surface area (Å²) in [4.78, 5) is 23.8. The number of esters is 2. The molecule has 0 N–H and O–H groups in total. The van der Waals surface area contributed by atoms with Crippen molar-refractivity contribution in [2.45, 2.75) is 26.7 Å². The molecule has 0 atom stereocenters. The molecule has 37 heavy (non-hydrogen) atoms. The first-order valence-corrected chi connectivity index (χ1v) is 9.62. The van der Waals surface area contributed by atoms with Crippen LogP contribution in [-0.2, 0) is 79.8 Å². The second kappa shape index (κ2) is 47.7. The van der Waals surface area contributed by atoms with Crippen LogP contribution in [0.3, 0.4) is 0 Å². The largest absolute Gasteiger partial charge is 0.0312 e. The first-order valence-electron chi connectivity index (χ1n) is 9.62. The van der Waals surface area contributed by atoms with E-state index in [1.165, 1.54) is 6.08 Å². The Morgan fingerprint density at radius 1 is 0.757 bits per heavy atom. The van der Waals surface area contributed by atoms with Gasteiger partial charge in [-0.25, -0.2) is 0 Å². The normalized spacial score (nSPS) is 11.4. The van der Waals surface area contributed by atoms with E-state index >= 15 is 0 Å². The first-order chi connectivity index (χ1) is 17.1. The smallest absolute Gasteiger partial charge is 0 e. The Morgan fingerprint density at radius 3 is 1.16 bits per heavy atom. The number of carbonyl (C=O) groups excluding carboxylic acids is 2. The van der Waals surface area contributed by atoms with E-state index in [1.807, 2.05) is 64.2 Å². The molecule has 0 aromatic carbocycles. The zero-order valence-corrected chi connectivity index (χ0v) is 24.6. The fourth-order valence-corrected chi connectivity index (χ4v) is 2.07. The average Bonchev–Trinajstić information content (AvgIpc) is 3.69. The maximum Gasteiger partial charge on any atom is 0 e. The van der Waals surface area contributed by atoms with Crippen molar-refractivity contribution < 1.29 is 79.8 Å². The van der Waals surface area contributed by atoms with Crippen LogP contribution in [0.15, 0.2) is 12.7 Å². The zero-order valence-electron chi connectivity index (χ0n) is 20.5.